The van der Waals surface area contributed by atoms with Gasteiger partial charge in [0.2, 0.25) is 0 Å². The number of hydrogen-bond donors (Lipinski definition) is 0. The Balaban J connectivity index is 2.18. The summed E-state index contributed by atoms with van der Waals surface area (Å²) < 4.78 is 0.851. The molecule has 1 saturated carbocycles. The molecule has 1 aromatic carbocycles. The van der Waals surface area contributed by atoms with E-state index in [-0.39, 0.29) is 5.91 Å². The van der Waals surface area contributed by atoms with Crippen molar-refractivity contribution in [2.45, 2.75) is 25.3 Å². The zero-order valence-corrected chi connectivity index (χ0v) is 11.9. The van der Waals surface area contributed by atoms with Gasteiger partial charge in [-0.3, -0.25) is 4.79 Å². The monoisotopic (exact) mass is 315 g/mol. The maximum atomic E-state index is 12.4. The average molecular weight is 317 g/mol. The highest BCUT2D eigenvalue weighted by Gasteiger charge is 2.29. The molecule has 0 atom stereocenters. The summed E-state index contributed by atoms with van der Waals surface area (Å²) >= 11 is 9.21. The Morgan fingerprint density at radius 2 is 2.12 bits per heavy atom. The van der Waals surface area contributed by atoms with Crippen molar-refractivity contribution in [3.63, 3.8) is 0 Å². The van der Waals surface area contributed by atoms with E-state index in [1.807, 2.05) is 29.2 Å². The van der Waals surface area contributed by atoms with Crippen LogP contribution < -0.4 is 0 Å². The molecule has 1 fully saturated rings. The van der Waals surface area contributed by atoms with Gasteiger partial charge < -0.3 is 4.90 Å². The van der Waals surface area contributed by atoms with Crippen molar-refractivity contribution in [1.29, 1.82) is 0 Å². The third-order valence-electron chi connectivity index (χ3n) is 3.21. The number of hydrogen-bond acceptors (Lipinski definition) is 1. The molecular weight excluding hydrogens is 302 g/mol. The lowest BCUT2D eigenvalue weighted by Gasteiger charge is -2.37. The van der Waals surface area contributed by atoms with Crippen LogP contribution in [0.3, 0.4) is 0 Å². The minimum Gasteiger partial charge on any atom is -0.334 e. The summed E-state index contributed by atoms with van der Waals surface area (Å²) in [5.74, 6) is 0.579. The third kappa shape index (κ3) is 2.83. The number of carbonyl (C=O) groups is 1. The van der Waals surface area contributed by atoms with E-state index < -0.39 is 0 Å². The van der Waals surface area contributed by atoms with Gasteiger partial charge in [0, 0.05) is 22.9 Å². The fraction of sp³-hybridized carbons (Fsp3) is 0.462. The summed E-state index contributed by atoms with van der Waals surface area (Å²) in [6.07, 6.45) is 3.42. The van der Waals surface area contributed by atoms with Crippen LogP contribution >= 0.6 is 27.5 Å². The highest BCUT2D eigenvalue weighted by atomic mass is 79.9. The SMILES string of the molecule is O=C(c1ccccc1Br)N(CCCl)C1CCC1. The van der Waals surface area contributed by atoms with Crippen LogP contribution in [0.5, 0.6) is 0 Å². The van der Waals surface area contributed by atoms with Crippen LogP contribution in [0.25, 0.3) is 0 Å². The van der Waals surface area contributed by atoms with Crippen LogP contribution in [0.1, 0.15) is 29.6 Å². The van der Waals surface area contributed by atoms with Gasteiger partial charge in [0.15, 0.2) is 0 Å². The average Bonchev–Trinajstić information content (AvgIpc) is 2.26. The molecule has 1 aliphatic rings. The second kappa shape index (κ2) is 5.87. The molecule has 0 bridgehead atoms. The van der Waals surface area contributed by atoms with Crippen molar-refractivity contribution in [3.05, 3.63) is 34.3 Å². The third-order valence-corrected chi connectivity index (χ3v) is 4.07. The van der Waals surface area contributed by atoms with E-state index >= 15 is 0 Å². The molecule has 0 saturated heterocycles. The number of rotatable bonds is 4. The van der Waals surface area contributed by atoms with E-state index in [0.29, 0.717) is 18.5 Å². The minimum atomic E-state index is 0.0859. The summed E-state index contributed by atoms with van der Waals surface area (Å²) in [5, 5.41) is 0. The molecule has 2 nitrogen and oxygen atoms in total. The first-order valence-electron chi connectivity index (χ1n) is 5.85. The van der Waals surface area contributed by atoms with Crippen LogP contribution in [-0.2, 0) is 0 Å². The molecule has 0 N–H and O–H groups in total. The quantitative estimate of drug-likeness (QED) is 0.776. The second-order valence-corrected chi connectivity index (χ2v) is 5.48. The Bertz CT molecular complexity index is 406. The van der Waals surface area contributed by atoms with Crippen molar-refractivity contribution >= 4 is 33.4 Å². The Labute approximate surface area is 115 Å². The molecule has 2 rings (SSSR count). The van der Waals surface area contributed by atoms with Gasteiger partial charge >= 0.3 is 0 Å². The zero-order chi connectivity index (χ0) is 12.3. The van der Waals surface area contributed by atoms with Gasteiger partial charge in [0.25, 0.3) is 5.91 Å². The molecule has 92 valence electrons. The van der Waals surface area contributed by atoms with Gasteiger partial charge in [0.05, 0.1) is 5.56 Å². The van der Waals surface area contributed by atoms with Crippen LogP contribution in [0.2, 0.25) is 0 Å². The Hall–Kier alpha value is -0.540. The summed E-state index contributed by atoms with van der Waals surface area (Å²) in [6, 6.07) is 7.93. The molecule has 17 heavy (non-hydrogen) atoms. The smallest absolute Gasteiger partial charge is 0.255 e. The molecule has 0 spiro atoms. The fourth-order valence-electron chi connectivity index (χ4n) is 2.03. The van der Waals surface area contributed by atoms with Crippen molar-refractivity contribution in [2.24, 2.45) is 0 Å². The summed E-state index contributed by atoms with van der Waals surface area (Å²) in [5.41, 5.74) is 0.726. The van der Waals surface area contributed by atoms with Gasteiger partial charge in [0.1, 0.15) is 0 Å². The number of amides is 1. The van der Waals surface area contributed by atoms with Gasteiger partial charge in [-0.25, -0.2) is 0 Å². The molecule has 1 amide bonds. The molecule has 0 aromatic heterocycles. The zero-order valence-electron chi connectivity index (χ0n) is 9.53. The summed E-state index contributed by atoms with van der Waals surface area (Å²) in [4.78, 5) is 14.3. The first kappa shape index (κ1) is 12.9. The number of alkyl halides is 1. The number of benzene rings is 1. The van der Waals surface area contributed by atoms with Gasteiger partial charge in [-0.05, 0) is 47.3 Å². The maximum Gasteiger partial charge on any atom is 0.255 e. The van der Waals surface area contributed by atoms with Crippen LogP contribution in [0, 0.1) is 0 Å². The standard InChI is InChI=1S/C13H15BrClNO/c14-12-7-2-1-6-11(12)13(17)16(9-8-15)10-4-3-5-10/h1-2,6-7,10H,3-5,8-9H2. The summed E-state index contributed by atoms with van der Waals surface area (Å²) in [6.45, 7) is 0.631. The first-order chi connectivity index (χ1) is 8.24. The van der Waals surface area contributed by atoms with E-state index in [9.17, 15) is 4.79 Å². The van der Waals surface area contributed by atoms with Crippen molar-refractivity contribution in [1.82, 2.24) is 4.90 Å². The van der Waals surface area contributed by atoms with Gasteiger partial charge in [-0.1, -0.05) is 12.1 Å². The molecule has 4 heteroatoms. The van der Waals surface area contributed by atoms with E-state index in [2.05, 4.69) is 15.9 Å². The maximum absolute atomic E-state index is 12.4. The van der Waals surface area contributed by atoms with Crippen LogP contribution in [0.4, 0.5) is 0 Å². The molecule has 0 aliphatic heterocycles. The predicted molar refractivity (Wildman–Crippen MR) is 73.5 cm³/mol. The Morgan fingerprint density at radius 1 is 1.41 bits per heavy atom. The first-order valence-corrected chi connectivity index (χ1v) is 7.18. The van der Waals surface area contributed by atoms with Crippen molar-refractivity contribution in [2.75, 3.05) is 12.4 Å². The second-order valence-electron chi connectivity index (χ2n) is 4.25. The minimum absolute atomic E-state index is 0.0859. The largest absolute Gasteiger partial charge is 0.334 e. The Morgan fingerprint density at radius 3 is 2.65 bits per heavy atom. The lowest BCUT2D eigenvalue weighted by Crippen LogP contribution is -2.45. The number of nitrogens with zero attached hydrogens (tertiary/aromatic N) is 1. The molecule has 0 heterocycles. The number of halogens is 2. The van der Waals surface area contributed by atoms with Crippen LogP contribution in [0.15, 0.2) is 28.7 Å². The van der Waals surface area contributed by atoms with Crippen molar-refractivity contribution < 1.29 is 4.79 Å². The fourth-order valence-corrected chi connectivity index (χ4v) is 2.67. The lowest BCUT2D eigenvalue weighted by atomic mass is 9.91. The van der Waals surface area contributed by atoms with E-state index in [4.69, 9.17) is 11.6 Å². The highest BCUT2D eigenvalue weighted by Crippen LogP contribution is 2.27. The topological polar surface area (TPSA) is 20.3 Å². The van der Waals surface area contributed by atoms with Gasteiger partial charge in [-0.2, -0.15) is 0 Å². The van der Waals surface area contributed by atoms with E-state index in [0.717, 1.165) is 22.9 Å². The predicted octanol–water partition coefficient (Wildman–Crippen LogP) is 3.68. The van der Waals surface area contributed by atoms with E-state index in [1.165, 1.54) is 6.42 Å². The normalized spacial score (nSPS) is 15.4. The molecule has 0 radical (unpaired) electrons. The van der Waals surface area contributed by atoms with Crippen molar-refractivity contribution in [3.8, 4) is 0 Å². The molecule has 1 aliphatic carbocycles. The molecule has 0 unspecified atom stereocenters. The van der Waals surface area contributed by atoms with Gasteiger partial charge in [-0.15, -0.1) is 11.6 Å². The Kier molecular flexibility index (Phi) is 4.46. The van der Waals surface area contributed by atoms with Crippen LogP contribution in [-0.4, -0.2) is 29.3 Å². The number of carbonyl (C=O) groups excluding carboxylic acids is 1. The molecule has 1 aromatic rings. The molecular formula is C13H15BrClNO. The lowest BCUT2D eigenvalue weighted by molar-refractivity contribution is 0.0597. The highest BCUT2D eigenvalue weighted by molar-refractivity contribution is 9.10. The van der Waals surface area contributed by atoms with E-state index in [1.54, 1.807) is 0 Å². The summed E-state index contributed by atoms with van der Waals surface area (Å²) in [7, 11) is 0.